The zero-order valence-corrected chi connectivity index (χ0v) is 9.63. The van der Waals surface area contributed by atoms with Gasteiger partial charge in [0.2, 0.25) is 0 Å². The first kappa shape index (κ1) is 12.3. The fourth-order valence-electron chi connectivity index (χ4n) is 1.96. The van der Waals surface area contributed by atoms with E-state index in [4.69, 9.17) is 15.7 Å². The van der Waals surface area contributed by atoms with Crippen molar-refractivity contribution in [2.45, 2.75) is 6.04 Å². The molecule has 2 aliphatic rings. The van der Waals surface area contributed by atoms with Crippen LogP contribution in [0.15, 0.2) is 23.9 Å². The van der Waals surface area contributed by atoms with Crippen molar-refractivity contribution in [1.82, 2.24) is 10.0 Å². The number of nitrogens with two attached hydrogens (primary N) is 1. The van der Waals surface area contributed by atoms with Crippen molar-refractivity contribution in [3.63, 3.8) is 0 Å². The van der Waals surface area contributed by atoms with Crippen molar-refractivity contribution in [1.29, 1.82) is 5.26 Å². The van der Waals surface area contributed by atoms with Gasteiger partial charge in [-0.15, -0.1) is 0 Å². The summed E-state index contributed by atoms with van der Waals surface area (Å²) in [6, 6.07) is 1.24. The van der Waals surface area contributed by atoms with E-state index in [0.717, 1.165) is 5.01 Å². The number of rotatable bonds is 3. The first-order valence-corrected chi connectivity index (χ1v) is 5.35. The number of carbonyl (C=O) groups is 2. The summed E-state index contributed by atoms with van der Waals surface area (Å²) in [6.07, 6.45) is 1.41. The maximum atomic E-state index is 11.8. The largest absolute Gasteiger partial charge is 0.457 e. The van der Waals surface area contributed by atoms with E-state index in [2.05, 4.69) is 6.58 Å². The summed E-state index contributed by atoms with van der Waals surface area (Å²) >= 11 is 0. The SMILES string of the molecule is C=CCOC(=O)C1=C(C#N)CN2C[C@H](N)C(=O)N12. The van der Waals surface area contributed by atoms with Crippen LogP contribution in [0.25, 0.3) is 0 Å². The van der Waals surface area contributed by atoms with E-state index in [9.17, 15) is 9.59 Å². The van der Waals surface area contributed by atoms with E-state index in [-0.39, 0.29) is 24.4 Å². The Kier molecular flexibility index (Phi) is 3.14. The minimum Gasteiger partial charge on any atom is -0.457 e. The number of carbonyl (C=O) groups excluding carboxylic acids is 2. The van der Waals surface area contributed by atoms with Crippen LogP contribution in [-0.4, -0.2) is 47.6 Å². The molecule has 7 heteroatoms. The fraction of sp³-hybridized carbons (Fsp3) is 0.364. The Hall–Kier alpha value is -2.17. The van der Waals surface area contributed by atoms with Crippen LogP contribution in [-0.2, 0) is 14.3 Å². The molecule has 0 saturated carbocycles. The lowest BCUT2D eigenvalue weighted by Crippen LogP contribution is -2.37. The third-order valence-electron chi connectivity index (χ3n) is 2.72. The minimum absolute atomic E-state index is 0.0229. The quantitative estimate of drug-likeness (QED) is 0.502. The number of amides is 1. The molecule has 1 saturated heterocycles. The Morgan fingerprint density at radius 2 is 2.44 bits per heavy atom. The van der Waals surface area contributed by atoms with Crippen LogP contribution >= 0.6 is 0 Å². The monoisotopic (exact) mass is 248 g/mol. The number of nitriles is 1. The van der Waals surface area contributed by atoms with Crippen LogP contribution in [0.2, 0.25) is 0 Å². The molecule has 1 amide bonds. The van der Waals surface area contributed by atoms with Crippen molar-refractivity contribution < 1.29 is 14.3 Å². The van der Waals surface area contributed by atoms with E-state index in [0.29, 0.717) is 6.54 Å². The summed E-state index contributed by atoms with van der Waals surface area (Å²) in [5, 5.41) is 11.7. The highest BCUT2D eigenvalue weighted by atomic mass is 16.5. The summed E-state index contributed by atoms with van der Waals surface area (Å²) in [5.41, 5.74) is 5.79. The molecule has 0 aromatic heterocycles. The van der Waals surface area contributed by atoms with Gasteiger partial charge in [-0.3, -0.25) is 4.79 Å². The van der Waals surface area contributed by atoms with Crippen molar-refractivity contribution in [2.75, 3.05) is 19.7 Å². The molecule has 94 valence electrons. The van der Waals surface area contributed by atoms with Crippen molar-refractivity contribution >= 4 is 11.9 Å². The van der Waals surface area contributed by atoms with Crippen LogP contribution in [0.4, 0.5) is 0 Å². The molecular weight excluding hydrogens is 236 g/mol. The molecule has 0 spiro atoms. The molecule has 2 heterocycles. The zero-order chi connectivity index (χ0) is 13.3. The van der Waals surface area contributed by atoms with Gasteiger partial charge < -0.3 is 10.5 Å². The molecule has 0 unspecified atom stereocenters. The Bertz CT molecular complexity index is 491. The highest BCUT2D eigenvalue weighted by Crippen LogP contribution is 2.28. The van der Waals surface area contributed by atoms with Crippen molar-refractivity contribution in [3.8, 4) is 6.07 Å². The summed E-state index contributed by atoms with van der Waals surface area (Å²) in [5.74, 6) is -1.11. The molecule has 0 aliphatic carbocycles. The zero-order valence-electron chi connectivity index (χ0n) is 9.63. The molecule has 0 radical (unpaired) electrons. The molecule has 18 heavy (non-hydrogen) atoms. The Morgan fingerprint density at radius 3 is 3.06 bits per heavy atom. The standard InChI is InChI=1S/C11H12N4O3/c1-2-3-18-11(17)9-7(4-12)5-14-6-8(13)10(16)15(9)14/h2,8H,1,3,5-6,13H2/t8-/m0/s1. The molecule has 2 aliphatic heterocycles. The second-order valence-electron chi connectivity index (χ2n) is 3.93. The Morgan fingerprint density at radius 1 is 1.72 bits per heavy atom. The van der Waals surface area contributed by atoms with Gasteiger partial charge >= 0.3 is 5.97 Å². The summed E-state index contributed by atoms with van der Waals surface area (Å²) in [4.78, 5) is 23.7. The van der Waals surface area contributed by atoms with Gasteiger partial charge in [0.15, 0.2) is 5.70 Å². The molecule has 2 N–H and O–H groups in total. The van der Waals surface area contributed by atoms with Crippen molar-refractivity contribution in [3.05, 3.63) is 23.9 Å². The molecule has 2 rings (SSSR count). The van der Waals surface area contributed by atoms with Crippen LogP contribution in [0, 0.1) is 11.3 Å². The number of ether oxygens (including phenoxy) is 1. The molecule has 0 bridgehead atoms. The predicted molar refractivity (Wildman–Crippen MR) is 60.2 cm³/mol. The minimum atomic E-state index is -0.712. The molecule has 1 fully saturated rings. The van der Waals surface area contributed by atoms with Gasteiger partial charge in [-0.05, 0) is 0 Å². The second kappa shape index (κ2) is 4.60. The number of hydrogen-bond donors (Lipinski definition) is 1. The van der Waals surface area contributed by atoms with E-state index in [1.807, 2.05) is 6.07 Å². The average Bonchev–Trinajstić information content (AvgIpc) is 2.84. The lowest BCUT2D eigenvalue weighted by atomic mass is 10.2. The third kappa shape index (κ3) is 1.77. The topological polar surface area (TPSA) is 99.7 Å². The smallest absolute Gasteiger partial charge is 0.357 e. The van der Waals surface area contributed by atoms with E-state index < -0.39 is 17.9 Å². The number of hydrogen-bond acceptors (Lipinski definition) is 6. The van der Waals surface area contributed by atoms with Gasteiger partial charge in [-0.1, -0.05) is 12.7 Å². The highest BCUT2D eigenvalue weighted by Gasteiger charge is 2.46. The molecule has 7 nitrogen and oxygen atoms in total. The number of esters is 1. The first-order chi connectivity index (χ1) is 8.60. The predicted octanol–water partition coefficient (Wildman–Crippen LogP) is -1.11. The summed E-state index contributed by atoms with van der Waals surface area (Å²) < 4.78 is 4.87. The van der Waals surface area contributed by atoms with Gasteiger partial charge in [0.05, 0.1) is 18.2 Å². The first-order valence-electron chi connectivity index (χ1n) is 5.35. The van der Waals surface area contributed by atoms with E-state index in [1.54, 1.807) is 5.01 Å². The Labute approximate surface area is 104 Å². The Balaban J connectivity index is 2.29. The van der Waals surface area contributed by atoms with Gasteiger partial charge in [-0.25, -0.2) is 14.8 Å². The fourth-order valence-corrected chi connectivity index (χ4v) is 1.96. The molecular formula is C11H12N4O3. The van der Waals surface area contributed by atoms with Gasteiger partial charge in [0.25, 0.3) is 5.91 Å². The van der Waals surface area contributed by atoms with Gasteiger partial charge in [0.1, 0.15) is 12.6 Å². The number of hydrazine groups is 1. The van der Waals surface area contributed by atoms with E-state index >= 15 is 0 Å². The summed E-state index contributed by atoms with van der Waals surface area (Å²) in [6.45, 7) is 3.94. The number of fused-ring (bicyclic) bond motifs is 1. The normalized spacial score (nSPS) is 23.0. The van der Waals surface area contributed by atoms with Gasteiger partial charge in [0, 0.05) is 6.54 Å². The van der Waals surface area contributed by atoms with E-state index in [1.165, 1.54) is 6.08 Å². The summed E-state index contributed by atoms with van der Waals surface area (Å²) in [7, 11) is 0. The maximum absolute atomic E-state index is 11.8. The maximum Gasteiger partial charge on any atom is 0.357 e. The highest BCUT2D eigenvalue weighted by molar-refractivity contribution is 5.98. The third-order valence-corrected chi connectivity index (χ3v) is 2.72. The second-order valence-corrected chi connectivity index (χ2v) is 3.93. The molecule has 1 atom stereocenters. The van der Waals surface area contributed by atoms with Crippen LogP contribution in [0.5, 0.6) is 0 Å². The van der Waals surface area contributed by atoms with Crippen molar-refractivity contribution in [2.24, 2.45) is 5.73 Å². The average molecular weight is 248 g/mol. The lowest BCUT2D eigenvalue weighted by molar-refractivity contribution is -0.146. The molecule has 0 aromatic rings. The van der Waals surface area contributed by atoms with Crippen LogP contribution < -0.4 is 5.73 Å². The van der Waals surface area contributed by atoms with Crippen LogP contribution in [0.3, 0.4) is 0 Å². The van der Waals surface area contributed by atoms with Gasteiger partial charge in [-0.2, -0.15) is 5.26 Å². The van der Waals surface area contributed by atoms with Crippen LogP contribution in [0.1, 0.15) is 0 Å². The number of nitrogens with zero attached hydrogens (tertiary/aromatic N) is 3. The molecule has 0 aromatic carbocycles. The lowest BCUT2D eigenvalue weighted by Gasteiger charge is -2.20.